The van der Waals surface area contributed by atoms with E-state index in [1.807, 2.05) is 29.2 Å². The van der Waals surface area contributed by atoms with Gasteiger partial charge in [-0.3, -0.25) is 14.5 Å². The maximum atomic E-state index is 13.1. The van der Waals surface area contributed by atoms with Crippen LogP contribution in [0.1, 0.15) is 24.3 Å². The molecule has 6 nitrogen and oxygen atoms in total. The molecule has 1 N–H and O–H groups in total. The number of para-hydroxylation sites is 1. The standard InChI is InChI=1S/C20H25N3O3/c1-2-9-21-19(24)15-22-10-5-11-23(13-12-22)20(25)17-8-14-26-18-7-4-3-6-16(17)18/h1,3-4,6-7,17H,5,8-15H2,(H,21,24). The first kappa shape index (κ1) is 18.3. The Morgan fingerprint density at radius 3 is 2.92 bits per heavy atom. The van der Waals surface area contributed by atoms with Crippen molar-refractivity contribution in [2.45, 2.75) is 18.8 Å². The normalized spacial score (nSPS) is 20.3. The highest BCUT2D eigenvalue weighted by Gasteiger charge is 2.31. The smallest absolute Gasteiger partial charge is 0.234 e. The SMILES string of the molecule is C#CCNC(=O)CN1CCCN(C(=O)C2CCOc3ccccc32)CC1. The summed E-state index contributed by atoms with van der Waals surface area (Å²) >= 11 is 0. The molecule has 26 heavy (non-hydrogen) atoms. The van der Waals surface area contributed by atoms with E-state index in [2.05, 4.69) is 16.1 Å². The van der Waals surface area contributed by atoms with Crippen molar-refractivity contribution in [2.75, 3.05) is 45.9 Å². The van der Waals surface area contributed by atoms with E-state index in [0.29, 0.717) is 32.7 Å². The Morgan fingerprint density at radius 1 is 1.23 bits per heavy atom. The average molecular weight is 355 g/mol. The number of benzene rings is 1. The molecular weight excluding hydrogens is 330 g/mol. The predicted molar refractivity (Wildman–Crippen MR) is 98.8 cm³/mol. The molecule has 1 unspecified atom stereocenters. The van der Waals surface area contributed by atoms with Crippen LogP contribution in [0.4, 0.5) is 0 Å². The number of terminal acetylenes is 1. The number of fused-ring (bicyclic) bond motifs is 1. The predicted octanol–water partition coefficient (Wildman–Crippen LogP) is 0.836. The third-order valence-electron chi connectivity index (χ3n) is 4.91. The topological polar surface area (TPSA) is 61.9 Å². The highest BCUT2D eigenvalue weighted by atomic mass is 16.5. The van der Waals surface area contributed by atoms with Gasteiger partial charge in [0.2, 0.25) is 11.8 Å². The van der Waals surface area contributed by atoms with E-state index in [0.717, 1.165) is 30.8 Å². The van der Waals surface area contributed by atoms with Crippen LogP contribution in [0.25, 0.3) is 0 Å². The fourth-order valence-electron chi connectivity index (χ4n) is 3.58. The summed E-state index contributed by atoms with van der Waals surface area (Å²) in [7, 11) is 0. The summed E-state index contributed by atoms with van der Waals surface area (Å²) in [5, 5.41) is 2.69. The maximum Gasteiger partial charge on any atom is 0.234 e. The van der Waals surface area contributed by atoms with E-state index in [1.54, 1.807) is 0 Å². The summed E-state index contributed by atoms with van der Waals surface area (Å²) in [6, 6.07) is 7.79. The lowest BCUT2D eigenvalue weighted by Crippen LogP contribution is -2.41. The van der Waals surface area contributed by atoms with E-state index in [9.17, 15) is 9.59 Å². The molecule has 2 heterocycles. The molecule has 1 fully saturated rings. The van der Waals surface area contributed by atoms with Gasteiger partial charge in [0.1, 0.15) is 5.75 Å². The van der Waals surface area contributed by atoms with Gasteiger partial charge in [0.05, 0.1) is 25.6 Å². The Hall–Kier alpha value is -2.52. The number of ether oxygens (including phenoxy) is 1. The molecule has 0 radical (unpaired) electrons. The summed E-state index contributed by atoms with van der Waals surface area (Å²) in [6.07, 6.45) is 6.73. The van der Waals surface area contributed by atoms with Crippen LogP contribution >= 0.6 is 0 Å². The van der Waals surface area contributed by atoms with Gasteiger partial charge in [-0.2, -0.15) is 0 Å². The zero-order valence-electron chi connectivity index (χ0n) is 14.9. The van der Waals surface area contributed by atoms with E-state index >= 15 is 0 Å². The van der Waals surface area contributed by atoms with Crippen LogP contribution in [0, 0.1) is 12.3 Å². The molecule has 1 atom stereocenters. The third-order valence-corrected chi connectivity index (χ3v) is 4.91. The molecule has 2 amide bonds. The minimum absolute atomic E-state index is 0.0684. The highest BCUT2D eigenvalue weighted by Crippen LogP contribution is 2.34. The zero-order chi connectivity index (χ0) is 18.4. The van der Waals surface area contributed by atoms with Crippen LogP contribution in [0.15, 0.2) is 24.3 Å². The number of nitrogens with one attached hydrogen (secondary N) is 1. The molecular formula is C20H25N3O3. The first-order valence-corrected chi connectivity index (χ1v) is 9.12. The highest BCUT2D eigenvalue weighted by molar-refractivity contribution is 5.85. The Morgan fingerprint density at radius 2 is 2.08 bits per heavy atom. The second kappa shape index (κ2) is 8.72. The molecule has 0 aliphatic carbocycles. The van der Waals surface area contributed by atoms with Gasteiger partial charge in [-0.1, -0.05) is 24.1 Å². The van der Waals surface area contributed by atoms with Crippen molar-refractivity contribution < 1.29 is 14.3 Å². The minimum Gasteiger partial charge on any atom is -0.493 e. The maximum absolute atomic E-state index is 13.1. The van der Waals surface area contributed by atoms with Crippen molar-refractivity contribution in [3.63, 3.8) is 0 Å². The molecule has 1 saturated heterocycles. The Bertz CT molecular complexity index is 698. The van der Waals surface area contributed by atoms with Crippen LogP contribution in [-0.4, -0.2) is 67.5 Å². The van der Waals surface area contributed by atoms with Gasteiger partial charge in [0, 0.05) is 31.7 Å². The number of rotatable bonds is 4. The summed E-state index contributed by atoms with van der Waals surface area (Å²) in [6.45, 7) is 4.01. The number of nitrogens with zero attached hydrogens (tertiary/aromatic N) is 2. The Labute approximate surface area is 154 Å². The largest absolute Gasteiger partial charge is 0.493 e. The van der Waals surface area contributed by atoms with Gasteiger partial charge in [0.25, 0.3) is 0 Å². The molecule has 2 aliphatic heterocycles. The van der Waals surface area contributed by atoms with Crippen LogP contribution in [0.3, 0.4) is 0 Å². The second-order valence-corrected chi connectivity index (χ2v) is 6.66. The van der Waals surface area contributed by atoms with Crippen molar-refractivity contribution in [3.05, 3.63) is 29.8 Å². The zero-order valence-corrected chi connectivity index (χ0v) is 14.9. The lowest BCUT2D eigenvalue weighted by atomic mass is 9.91. The molecule has 138 valence electrons. The second-order valence-electron chi connectivity index (χ2n) is 6.66. The molecule has 2 aliphatic rings. The number of hydrogen-bond acceptors (Lipinski definition) is 4. The molecule has 1 aromatic rings. The minimum atomic E-state index is -0.134. The summed E-state index contributed by atoms with van der Waals surface area (Å²) in [5.41, 5.74) is 0.985. The lowest BCUT2D eigenvalue weighted by molar-refractivity contribution is -0.133. The molecule has 0 bridgehead atoms. The monoisotopic (exact) mass is 355 g/mol. The third kappa shape index (κ3) is 4.36. The quantitative estimate of drug-likeness (QED) is 0.813. The fourth-order valence-corrected chi connectivity index (χ4v) is 3.58. The van der Waals surface area contributed by atoms with Crippen molar-refractivity contribution in [1.82, 2.24) is 15.1 Å². The van der Waals surface area contributed by atoms with Gasteiger partial charge < -0.3 is 15.0 Å². The van der Waals surface area contributed by atoms with Gasteiger partial charge >= 0.3 is 0 Å². The first-order chi connectivity index (χ1) is 12.7. The van der Waals surface area contributed by atoms with Crippen LogP contribution in [0.2, 0.25) is 0 Å². The van der Waals surface area contributed by atoms with Crippen molar-refractivity contribution in [3.8, 4) is 18.1 Å². The van der Waals surface area contributed by atoms with Gasteiger partial charge in [-0.25, -0.2) is 0 Å². The fraction of sp³-hybridized carbons (Fsp3) is 0.500. The van der Waals surface area contributed by atoms with Crippen molar-refractivity contribution in [1.29, 1.82) is 0 Å². The first-order valence-electron chi connectivity index (χ1n) is 9.12. The summed E-state index contributed by atoms with van der Waals surface area (Å²) < 4.78 is 5.67. The van der Waals surface area contributed by atoms with E-state index < -0.39 is 0 Å². The van der Waals surface area contributed by atoms with Gasteiger partial charge in [0.15, 0.2) is 0 Å². The lowest BCUT2D eigenvalue weighted by Gasteiger charge is -2.30. The van der Waals surface area contributed by atoms with Crippen LogP contribution < -0.4 is 10.1 Å². The number of carbonyl (C=O) groups excluding carboxylic acids is 2. The summed E-state index contributed by atoms with van der Waals surface area (Å²) in [4.78, 5) is 28.9. The average Bonchev–Trinajstić information content (AvgIpc) is 2.91. The Balaban J connectivity index is 1.59. The summed E-state index contributed by atoms with van der Waals surface area (Å²) in [5.74, 6) is 3.18. The molecule has 3 rings (SSSR count). The van der Waals surface area contributed by atoms with Crippen molar-refractivity contribution >= 4 is 11.8 Å². The van der Waals surface area contributed by atoms with E-state index in [-0.39, 0.29) is 24.3 Å². The van der Waals surface area contributed by atoms with Crippen molar-refractivity contribution in [2.24, 2.45) is 0 Å². The molecule has 0 aromatic heterocycles. The molecule has 0 spiro atoms. The molecule has 1 aromatic carbocycles. The van der Waals surface area contributed by atoms with E-state index in [4.69, 9.17) is 11.2 Å². The Kier molecular flexibility index (Phi) is 6.13. The van der Waals surface area contributed by atoms with E-state index in [1.165, 1.54) is 0 Å². The number of carbonyl (C=O) groups is 2. The number of amides is 2. The molecule has 6 heteroatoms. The van der Waals surface area contributed by atoms with Crippen LogP contribution in [-0.2, 0) is 9.59 Å². The molecule has 0 saturated carbocycles. The number of hydrogen-bond donors (Lipinski definition) is 1. The van der Waals surface area contributed by atoms with Gasteiger partial charge in [-0.15, -0.1) is 6.42 Å². The van der Waals surface area contributed by atoms with Crippen LogP contribution in [0.5, 0.6) is 5.75 Å². The van der Waals surface area contributed by atoms with Gasteiger partial charge in [-0.05, 0) is 18.9 Å².